The number of halogens is 3. The van der Waals surface area contributed by atoms with Crippen molar-refractivity contribution in [2.24, 2.45) is 0 Å². The summed E-state index contributed by atoms with van der Waals surface area (Å²) in [5, 5.41) is 0.445. The second kappa shape index (κ2) is 5.12. The van der Waals surface area contributed by atoms with Gasteiger partial charge in [0.05, 0.1) is 16.4 Å². The third kappa shape index (κ3) is 2.57. The first kappa shape index (κ1) is 13.1. The molecule has 0 spiro atoms. The summed E-state index contributed by atoms with van der Waals surface area (Å²) >= 11 is 8.99. The predicted octanol–water partition coefficient (Wildman–Crippen LogP) is 3.99. The van der Waals surface area contributed by atoms with Crippen molar-refractivity contribution < 1.29 is 4.39 Å². The molecule has 2 rings (SSSR count). The summed E-state index contributed by atoms with van der Waals surface area (Å²) in [6.45, 7) is 0. The summed E-state index contributed by atoms with van der Waals surface area (Å²) in [5.41, 5.74) is 6.60. The minimum atomic E-state index is -0.358. The zero-order valence-corrected chi connectivity index (χ0v) is 11.8. The van der Waals surface area contributed by atoms with Crippen molar-refractivity contribution in [3.63, 3.8) is 0 Å². The number of anilines is 3. The Labute approximate surface area is 118 Å². The molecule has 0 saturated carbocycles. The highest BCUT2D eigenvalue weighted by Gasteiger charge is 2.13. The molecule has 0 saturated heterocycles. The van der Waals surface area contributed by atoms with E-state index in [1.54, 1.807) is 30.1 Å². The van der Waals surface area contributed by atoms with Crippen molar-refractivity contribution in [2.75, 3.05) is 17.7 Å². The fraction of sp³-hybridized carbons (Fsp3) is 0.0833. The van der Waals surface area contributed by atoms with E-state index in [-0.39, 0.29) is 5.82 Å². The lowest BCUT2D eigenvalue weighted by Gasteiger charge is -2.20. The van der Waals surface area contributed by atoms with E-state index in [1.807, 2.05) is 0 Å². The van der Waals surface area contributed by atoms with Crippen LogP contribution in [-0.4, -0.2) is 12.0 Å². The van der Waals surface area contributed by atoms with Gasteiger partial charge in [0.2, 0.25) is 0 Å². The van der Waals surface area contributed by atoms with Crippen LogP contribution >= 0.6 is 27.5 Å². The lowest BCUT2D eigenvalue weighted by Crippen LogP contribution is -2.14. The summed E-state index contributed by atoms with van der Waals surface area (Å²) in [6.07, 6.45) is 1.47. The molecule has 0 unspecified atom stereocenters. The number of hydrogen-bond donors (Lipinski definition) is 1. The van der Waals surface area contributed by atoms with Crippen molar-refractivity contribution in [2.45, 2.75) is 0 Å². The first-order valence-corrected chi connectivity index (χ1v) is 6.26. The van der Waals surface area contributed by atoms with Gasteiger partial charge < -0.3 is 10.6 Å². The Morgan fingerprint density at radius 1 is 1.39 bits per heavy atom. The van der Waals surface area contributed by atoms with E-state index in [1.165, 1.54) is 12.3 Å². The molecular weight excluding hydrogens is 321 g/mol. The van der Waals surface area contributed by atoms with Gasteiger partial charge >= 0.3 is 0 Å². The molecule has 0 aliphatic rings. The SMILES string of the molecule is CN(c1ccc(Br)cc1F)c1ncc(Cl)cc1N. The van der Waals surface area contributed by atoms with E-state index in [9.17, 15) is 4.39 Å². The number of rotatable bonds is 2. The predicted molar refractivity (Wildman–Crippen MR) is 75.8 cm³/mol. The van der Waals surface area contributed by atoms with Crippen LogP contribution in [0.1, 0.15) is 0 Å². The van der Waals surface area contributed by atoms with Gasteiger partial charge in [-0.2, -0.15) is 0 Å². The first-order chi connectivity index (χ1) is 8.49. The number of benzene rings is 1. The molecule has 1 heterocycles. The molecule has 0 radical (unpaired) electrons. The molecule has 18 heavy (non-hydrogen) atoms. The van der Waals surface area contributed by atoms with Gasteiger partial charge in [0.15, 0.2) is 5.82 Å². The quantitative estimate of drug-likeness (QED) is 0.905. The topological polar surface area (TPSA) is 42.2 Å². The van der Waals surface area contributed by atoms with E-state index in [0.29, 0.717) is 26.7 Å². The summed E-state index contributed by atoms with van der Waals surface area (Å²) < 4.78 is 14.5. The molecular formula is C12H10BrClFN3. The number of aromatic nitrogens is 1. The average Bonchev–Trinajstić information content (AvgIpc) is 2.28. The molecule has 1 aromatic carbocycles. The molecule has 0 bridgehead atoms. The van der Waals surface area contributed by atoms with Crippen LogP contribution in [0.25, 0.3) is 0 Å². The molecule has 2 aromatic rings. The van der Waals surface area contributed by atoms with Crippen LogP contribution < -0.4 is 10.6 Å². The van der Waals surface area contributed by atoms with Gasteiger partial charge in [0.1, 0.15) is 5.82 Å². The molecule has 0 aliphatic carbocycles. The van der Waals surface area contributed by atoms with Gasteiger partial charge in [-0.05, 0) is 24.3 Å². The van der Waals surface area contributed by atoms with Crippen molar-refractivity contribution in [1.82, 2.24) is 4.98 Å². The second-order valence-electron chi connectivity index (χ2n) is 3.72. The summed E-state index contributed by atoms with van der Waals surface area (Å²) in [4.78, 5) is 5.69. The van der Waals surface area contributed by atoms with Crippen LogP contribution in [0.5, 0.6) is 0 Å². The number of nitrogen functional groups attached to an aromatic ring is 1. The Bertz CT molecular complexity index is 540. The minimum Gasteiger partial charge on any atom is -0.396 e. The molecule has 2 N–H and O–H groups in total. The smallest absolute Gasteiger partial charge is 0.156 e. The Hall–Kier alpha value is -1.33. The third-order valence-corrected chi connectivity index (χ3v) is 3.15. The van der Waals surface area contributed by atoms with Crippen LogP contribution in [0.3, 0.4) is 0 Å². The summed E-state index contributed by atoms with van der Waals surface area (Å²) in [5.74, 6) is 0.101. The lowest BCUT2D eigenvalue weighted by atomic mass is 10.2. The van der Waals surface area contributed by atoms with Gasteiger partial charge in [-0.25, -0.2) is 9.37 Å². The third-order valence-electron chi connectivity index (χ3n) is 2.45. The van der Waals surface area contributed by atoms with Gasteiger partial charge in [-0.1, -0.05) is 27.5 Å². The molecule has 6 heteroatoms. The first-order valence-electron chi connectivity index (χ1n) is 5.09. The van der Waals surface area contributed by atoms with E-state index in [0.717, 1.165) is 0 Å². The Morgan fingerprint density at radius 3 is 2.72 bits per heavy atom. The maximum Gasteiger partial charge on any atom is 0.156 e. The van der Waals surface area contributed by atoms with Gasteiger partial charge in [-0.3, -0.25) is 0 Å². The normalized spacial score (nSPS) is 10.4. The molecule has 0 atom stereocenters. The highest BCUT2D eigenvalue weighted by Crippen LogP contribution is 2.31. The fourth-order valence-corrected chi connectivity index (χ4v) is 2.09. The number of nitrogens with two attached hydrogens (primary N) is 1. The average molecular weight is 331 g/mol. The largest absolute Gasteiger partial charge is 0.396 e. The molecule has 0 amide bonds. The molecule has 0 fully saturated rings. The molecule has 1 aromatic heterocycles. The van der Waals surface area contributed by atoms with Crippen LogP contribution in [-0.2, 0) is 0 Å². The van der Waals surface area contributed by atoms with Gasteiger partial charge in [-0.15, -0.1) is 0 Å². The maximum absolute atomic E-state index is 13.8. The van der Waals surface area contributed by atoms with Crippen molar-refractivity contribution >= 4 is 44.7 Å². The standard InChI is InChI=1S/C12H10BrClFN3/c1-18(11-3-2-7(13)4-9(11)15)12-10(16)5-8(14)6-17-12/h2-6H,16H2,1H3. The number of nitrogens with zero attached hydrogens (tertiary/aromatic N) is 2. The number of pyridine rings is 1. The van der Waals surface area contributed by atoms with E-state index >= 15 is 0 Å². The van der Waals surface area contributed by atoms with Crippen LogP contribution in [0.4, 0.5) is 21.6 Å². The maximum atomic E-state index is 13.8. The second-order valence-corrected chi connectivity index (χ2v) is 5.07. The minimum absolute atomic E-state index is 0.358. The van der Waals surface area contributed by atoms with Crippen molar-refractivity contribution in [3.8, 4) is 0 Å². The summed E-state index contributed by atoms with van der Waals surface area (Å²) in [7, 11) is 1.69. The van der Waals surface area contributed by atoms with Gasteiger partial charge in [0.25, 0.3) is 0 Å². The van der Waals surface area contributed by atoms with E-state index < -0.39 is 0 Å². The molecule has 94 valence electrons. The summed E-state index contributed by atoms with van der Waals surface area (Å²) in [6, 6.07) is 6.37. The zero-order valence-electron chi connectivity index (χ0n) is 9.49. The van der Waals surface area contributed by atoms with Crippen molar-refractivity contribution in [1.29, 1.82) is 0 Å². The van der Waals surface area contributed by atoms with Crippen molar-refractivity contribution in [3.05, 3.63) is 45.8 Å². The highest BCUT2D eigenvalue weighted by molar-refractivity contribution is 9.10. The van der Waals surface area contributed by atoms with E-state index in [4.69, 9.17) is 17.3 Å². The Balaban J connectivity index is 2.44. The molecule has 0 aliphatic heterocycles. The monoisotopic (exact) mass is 329 g/mol. The van der Waals surface area contributed by atoms with Crippen LogP contribution in [0, 0.1) is 5.82 Å². The number of hydrogen-bond acceptors (Lipinski definition) is 3. The zero-order chi connectivity index (χ0) is 13.3. The van der Waals surface area contributed by atoms with Crippen LogP contribution in [0.2, 0.25) is 5.02 Å². The van der Waals surface area contributed by atoms with Gasteiger partial charge in [0, 0.05) is 17.7 Å². The fourth-order valence-electron chi connectivity index (χ4n) is 1.60. The molecule has 3 nitrogen and oxygen atoms in total. The Morgan fingerprint density at radius 2 is 2.11 bits per heavy atom. The highest BCUT2D eigenvalue weighted by atomic mass is 79.9. The Kier molecular flexibility index (Phi) is 3.73. The van der Waals surface area contributed by atoms with E-state index in [2.05, 4.69) is 20.9 Å². The van der Waals surface area contributed by atoms with Crippen LogP contribution in [0.15, 0.2) is 34.9 Å². The lowest BCUT2D eigenvalue weighted by molar-refractivity contribution is 0.626.